The van der Waals surface area contributed by atoms with E-state index in [2.05, 4.69) is 4.74 Å². The Labute approximate surface area is 196 Å². The first-order valence-corrected chi connectivity index (χ1v) is 10.8. The van der Waals surface area contributed by atoms with E-state index in [4.69, 9.17) is 4.74 Å². The second-order valence-corrected chi connectivity index (χ2v) is 9.30. The van der Waals surface area contributed by atoms with Crippen LogP contribution in [0.3, 0.4) is 0 Å². The van der Waals surface area contributed by atoms with Crippen molar-refractivity contribution < 1.29 is 37.3 Å². The van der Waals surface area contributed by atoms with Gasteiger partial charge in [-0.3, -0.25) is 0 Å². The number of ether oxygens (including phenoxy) is 2. The van der Waals surface area contributed by atoms with Crippen LogP contribution < -0.4 is 0 Å². The van der Waals surface area contributed by atoms with Gasteiger partial charge in [-0.25, -0.2) is 9.59 Å². The van der Waals surface area contributed by atoms with Gasteiger partial charge < -0.3 is 19.5 Å². The smallest absolute Gasteiger partial charge is 0.416 e. The van der Waals surface area contributed by atoms with Crippen LogP contribution in [0.1, 0.15) is 48.2 Å². The molecule has 0 spiro atoms. The van der Waals surface area contributed by atoms with E-state index in [9.17, 15) is 27.9 Å². The highest BCUT2D eigenvalue weighted by Gasteiger charge is 2.39. The van der Waals surface area contributed by atoms with Crippen molar-refractivity contribution in [1.82, 2.24) is 4.90 Å². The number of likely N-dealkylation sites (tertiary alicyclic amines) is 1. The van der Waals surface area contributed by atoms with Crippen molar-refractivity contribution >= 4 is 12.1 Å². The molecule has 1 aliphatic rings. The van der Waals surface area contributed by atoms with E-state index in [0.717, 1.165) is 12.1 Å². The molecule has 0 unspecified atom stereocenters. The summed E-state index contributed by atoms with van der Waals surface area (Å²) < 4.78 is 50.6. The summed E-state index contributed by atoms with van der Waals surface area (Å²) in [5.41, 5.74) is 0.117. The highest BCUT2D eigenvalue weighted by molar-refractivity contribution is 5.90. The van der Waals surface area contributed by atoms with E-state index < -0.39 is 35.3 Å². The molecular weight excluding hydrogens is 451 g/mol. The molecule has 2 aromatic carbocycles. The number of carbonyl (C=O) groups is 2. The monoisotopic (exact) mass is 479 g/mol. The summed E-state index contributed by atoms with van der Waals surface area (Å²) in [6.07, 6.45) is -5.09. The standard InChI is InChI=1S/C25H28F3NO5/c1-24(2,3)34-23(32)29-12-17(14-30)21(13-29)19-10-9-18(25(26,27)28)11-20(19)15-5-7-16(8-6-15)22(31)33-4/h5-11,17,21,30H,12-14H2,1-4H3/t17-,21+/m1/s1. The summed E-state index contributed by atoms with van der Waals surface area (Å²) in [6, 6.07) is 9.55. The lowest BCUT2D eigenvalue weighted by Crippen LogP contribution is -2.35. The van der Waals surface area contributed by atoms with Crippen molar-refractivity contribution in [3.63, 3.8) is 0 Å². The van der Waals surface area contributed by atoms with Gasteiger partial charge in [0.25, 0.3) is 0 Å². The number of alkyl halides is 3. The second kappa shape index (κ2) is 9.66. The zero-order chi connectivity index (χ0) is 25.3. The molecule has 6 nitrogen and oxygen atoms in total. The molecule has 2 atom stereocenters. The quantitative estimate of drug-likeness (QED) is 0.618. The first-order valence-electron chi connectivity index (χ1n) is 10.8. The first-order chi connectivity index (χ1) is 15.8. The molecule has 0 aromatic heterocycles. The molecule has 1 saturated heterocycles. The fourth-order valence-electron chi connectivity index (χ4n) is 4.09. The van der Waals surface area contributed by atoms with Gasteiger partial charge in [0.2, 0.25) is 0 Å². The van der Waals surface area contributed by atoms with Crippen LogP contribution >= 0.6 is 0 Å². The van der Waals surface area contributed by atoms with E-state index in [-0.39, 0.29) is 31.2 Å². The van der Waals surface area contributed by atoms with E-state index in [1.807, 2.05) is 0 Å². The van der Waals surface area contributed by atoms with Gasteiger partial charge in [0.1, 0.15) is 5.60 Å². The predicted octanol–water partition coefficient (Wildman–Crippen LogP) is 5.10. The SMILES string of the molecule is COC(=O)c1ccc(-c2cc(C(F)(F)F)ccc2[C@H]2CN(C(=O)OC(C)(C)C)C[C@@H]2CO)cc1. The Kier molecular flexibility index (Phi) is 7.26. The molecule has 0 bridgehead atoms. The molecule has 1 heterocycles. The average Bonchev–Trinajstić information content (AvgIpc) is 3.21. The van der Waals surface area contributed by atoms with Crippen molar-refractivity contribution in [3.05, 3.63) is 59.2 Å². The molecule has 34 heavy (non-hydrogen) atoms. The van der Waals surface area contributed by atoms with Crippen LogP contribution in [0.15, 0.2) is 42.5 Å². The number of hydrogen-bond acceptors (Lipinski definition) is 5. The van der Waals surface area contributed by atoms with Gasteiger partial charge in [0.05, 0.1) is 18.2 Å². The van der Waals surface area contributed by atoms with Crippen LogP contribution in [-0.4, -0.2) is 54.5 Å². The van der Waals surface area contributed by atoms with Gasteiger partial charge in [-0.15, -0.1) is 0 Å². The van der Waals surface area contributed by atoms with Crippen molar-refractivity contribution in [2.75, 3.05) is 26.8 Å². The largest absolute Gasteiger partial charge is 0.465 e. The Morgan fingerprint density at radius 3 is 2.24 bits per heavy atom. The summed E-state index contributed by atoms with van der Waals surface area (Å²) in [5.74, 6) is -1.34. The molecule has 0 aliphatic carbocycles. The summed E-state index contributed by atoms with van der Waals surface area (Å²) in [4.78, 5) is 25.8. The number of nitrogens with zero attached hydrogens (tertiary/aromatic N) is 1. The molecule has 1 amide bonds. The zero-order valence-corrected chi connectivity index (χ0v) is 19.5. The number of halogens is 3. The van der Waals surface area contributed by atoms with Crippen molar-refractivity contribution in [2.45, 2.75) is 38.5 Å². The maximum atomic E-state index is 13.5. The van der Waals surface area contributed by atoms with Crippen molar-refractivity contribution in [3.8, 4) is 11.1 Å². The fraction of sp³-hybridized carbons (Fsp3) is 0.440. The molecule has 3 rings (SSSR count). The Morgan fingerprint density at radius 1 is 1.06 bits per heavy atom. The molecule has 0 saturated carbocycles. The van der Waals surface area contributed by atoms with Gasteiger partial charge in [-0.05, 0) is 61.7 Å². The van der Waals surface area contributed by atoms with Crippen LogP contribution in [0.25, 0.3) is 11.1 Å². The lowest BCUT2D eigenvalue weighted by molar-refractivity contribution is -0.137. The van der Waals surface area contributed by atoms with E-state index in [1.165, 1.54) is 30.2 Å². The Balaban J connectivity index is 2.03. The highest BCUT2D eigenvalue weighted by atomic mass is 19.4. The minimum atomic E-state index is -4.55. The minimum Gasteiger partial charge on any atom is -0.465 e. The number of benzene rings is 2. The number of methoxy groups -OCH3 is 1. The number of esters is 1. The first kappa shape index (κ1) is 25.6. The van der Waals surface area contributed by atoms with Gasteiger partial charge in [0.15, 0.2) is 0 Å². The van der Waals surface area contributed by atoms with Crippen LogP contribution in [-0.2, 0) is 15.7 Å². The van der Waals surface area contributed by atoms with E-state index in [1.54, 1.807) is 32.9 Å². The molecule has 1 N–H and O–H groups in total. The Hall–Kier alpha value is -3.07. The van der Waals surface area contributed by atoms with Crippen molar-refractivity contribution in [2.24, 2.45) is 5.92 Å². The summed E-state index contributed by atoms with van der Waals surface area (Å²) in [7, 11) is 1.24. The lowest BCUT2D eigenvalue weighted by atomic mass is 9.83. The minimum absolute atomic E-state index is 0.193. The Bertz CT molecular complexity index is 1040. The van der Waals surface area contributed by atoms with Crippen LogP contribution in [0.5, 0.6) is 0 Å². The van der Waals surface area contributed by atoms with Crippen molar-refractivity contribution in [1.29, 1.82) is 0 Å². The third-order valence-corrected chi connectivity index (χ3v) is 5.72. The zero-order valence-electron chi connectivity index (χ0n) is 19.5. The van der Waals surface area contributed by atoms with Gasteiger partial charge in [0, 0.05) is 31.5 Å². The Morgan fingerprint density at radius 2 is 1.71 bits per heavy atom. The number of rotatable bonds is 4. The van der Waals surface area contributed by atoms with E-state index >= 15 is 0 Å². The molecular formula is C25H28F3NO5. The maximum absolute atomic E-state index is 13.5. The van der Waals surface area contributed by atoms with Crippen LogP contribution in [0.2, 0.25) is 0 Å². The lowest BCUT2D eigenvalue weighted by Gasteiger charge is -2.24. The van der Waals surface area contributed by atoms with E-state index in [0.29, 0.717) is 16.7 Å². The summed E-state index contributed by atoms with van der Waals surface area (Å²) in [6.45, 7) is 5.40. The molecule has 0 radical (unpaired) electrons. The molecule has 2 aromatic rings. The second-order valence-electron chi connectivity index (χ2n) is 9.30. The normalized spacial score (nSPS) is 18.6. The molecule has 9 heteroatoms. The van der Waals surface area contributed by atoms with Gasteiger partial charge in [-0.2, -0.15) is 13.2 Å². The summed E-state index contributed by atoms with van der Waals surface area (Å²) in [5, 5.41) is 9.99. The molecule has 184 valence electrons. The van der Waals surface area contributed by atoms with Gasteiger partial charge >= 0.3 is 18.2 Å². The average molecular weight is 479 g/mol. The number of carbonyl (C=O) groups excluding carboxylic acids is 2. The molecule has 1 aliphatic heterocycles. The van der Waals surface area contributed by atoms with Gasteiger partial charge in [-0.1, -0.05) is 18.2 Å². The number of aliphatic hydroxyl groups is 1. The third kappa shape index (κ3) is 5.70. The summed E-state index contributed by atoms with van der Waals surface area (Å²) >= 11 is 0. The topological polar surface area (TPSA) is 76.1 Å². The predicted molar refractivity (Wildman–Crippen MR) is 119 cm³/mol. The maximum Gasteiger partial charge on any atom is 0.416 e. The number of aliphatic hydroxyl groups excluding tert-OH is 1. The fourth-order valence-corrected chi connectivity index (χ4v) is 4.09. The highest BCUT2D eigenvalue weighted by Crippen LogP contribution is 2.41. The number of amides is 1. The van der Waals surface area contributed by atoms with Crippen LogP contribution in [0, 0.1) is 5.92 Å². The third-order valence-electron chi connectivity index (χ3n) is 5.72. The van der Waals surface area contributed by atoms with Crippen LogP contribution in [0.4, 0.5) is 18.0 Å². The number of hydrogen-bond donors (Lipinski definition) is 1. The molecule has 1 fully saturated rings.